The first-order valence-corrected chi connectivity index (χ1v) is 7.02. The van der Waals surface area contributed by atoms with Crippen LogP contribution in [0, 0.1) is 11.8 Å². The summed E-state index contributed by atoms with van der Waals surface area (Å²) in [4.78, 5) is 14.3. The summed E-state index contributed by atoms with van der Waals surface area (Å²) in [5, 5.41) is 0. The Morgan fingerprint density at radius 2 is 2.10 bits per heavy atom. The van der Waals surface area contributed by atoms with Crippen molar-refractivity contribution in [3.8, 4) is 17.6 Å². The number of carbonyl (C=O) groups excluding carboxylic acids is 1. The number of methoxy groups -OCH3 is 1. The Kier molecular flexibility index (Phi) is 5.80. The van der Waals surface area contributed by atoms with E-state index in [1.54, 1.807) is 30.2 Å². The van der Waals surface area contributed by atoms with Crippen LogP contribution in [0.1, 0.15) is 43.1 Å². The summed E-state index contributed by atoms with van der Waals surface area (Å²) in [6.07, 6.45) is 0.880. The maximum Gasteiger partial charge on any atom is 0.254 e. The van der Waals surface area contributed by atoms with Gasteiger partial charge >= 0.3 is 0 Å². The molecule has 1 aromatic carbocycles. The molecular weight excluding hydrogens is 264 g/mol. The lowest BCUT2D eigenvalue weighted by molar-refractivity contribution is 0.0620. The van der Waals surface area contributed by atoms with Crippen LogP contribution in [0.15, 0.2) is 18.2 Å². The third-order valence-electron chi connectivity index (χ3n) is 3.85. The second kappa shape index (κ2) is 7.14. The van der Waals surface area contributed by atoms with E-state index in [1.807, 2.05) is 20.9 Å². The molecule has 0 fully saturated rings. The van der Waals surface area contributed by atoms with Crippen molar-refractivity contribution < 1.29 is 9.53 Å². The van der Waals surface area contributed by atoms with E-state index in [4.69, 9.17) is 10.5 Å². The van der Waals surface area contributed by atoms with E-state index in [-0.39, 0.29) is 18.0 Å². The molecule has 0 spiro atoms. The summed E-state index contributed by atoms with van der Waals surface area (Å²) in [7, 11) is 3.40. The molecule has 1 amide bonds. The third-order valence-corrected chi connectivity index (χ3v) is 3.85. The fourth-order valence-corrected chi connectivity index (χ4v) is 1.79. The van der Waals surface area contributed by atoms with Crippen molar-refractivity contribution in [1.29, 1.82) is 0 Å². The van der Waals surface area contributed by atoms with E-state index in [0.29, 0.717) is 16.9 Å². The molecule has 0 heterocycles. The first-order valence-electron chi connectivity index (χ1n) is 7.02. The van der Waals surface area contributed by atoms with E-state index in [2.05, 4.69) is 18.8 Å². The Morgan fingerprint density at radius 1 is 1.43 bits per heavy atom. The van der Waals surface area contributed by atoms with Crippen LogP contribution in [-0.4, -0.2) is 37.0 Å². The molecule has 0 unspecified atom stereocenters. The van der Waals surface area contributed by atoms with Crippen LogP contribution in [-0.2, 0) is 0 Å². The Balaban J connectivity index is 3.17. The summed E-state index contributed by atoms with van der Waals surface area (Å²) in [5.74, 6) is 6.34. The molecule has 0 saturated heterocycles. The maximum absolute atomic E-state index is 12.6. The van der Waals surface area contributed by atoms with Crippen LogP contribution in [0.4, 0.5) is 0 Å². The zero-order valence-electron chi connectivity index (χ0n) is 13.5. The van der Waals surface area contributed by atoms with Crippen molar-refractivity contribution in [1.82, 2.24) is 4.90 Å². The van der Waals surface area contributed by atoms with Crippen molar-refractivity contribution >= 4 is 5.91 Å². The highest BCUT2D eigenvalue weighted by atomic mass is 16.5. The fourth-order valence-electron chi connectivity index (χ4n) is 1.79. The van der Waals surface area contributed by atoms with E-state index < -0.39 is 0 Å². The molecule has 0 bridgehead atoms. The number of hydrogen-bond donors (Lipinski definition) is 1. The molecule has 4 nitrogen and oxygen atoms in total. The number of amides is 1. The minimum atomic E-state index is -0.194. The minimum absolute atomic E-state index is 0.0275. The highest BCUT2D eigenvalue weighted by Crippen LogP contribution is 2.23. The summed E-state index contributed by atoms with van der Waals surface area (Å²) >= 11 is 0. The first kappa shape index (κ1) is 17.1. The molecule has 0 aliphatic heterocycles. The van der Waals surface area contributed by atoms with Gasteiger partial charge in [0.2, 0.25) is 0 Å². The van der Waals surface area contributed by atoms with Gasteiger partial charge in [-0.25, -0.2) is 0 Å². The number of benzene rings is 1. The highest BCUT2D eigenvalue weighted by Gasteiger charge is 2.26. The van der Waals surface area contributed by atoms with Gasteiger partial charge in [0, 0.05) is 18.2 Å². The molecular formula is C17H24N2O2. The number of nitrogens with two attached hydrogens (primary N) is 1. The Hall–Kier alpha value is -1.99. The van der Waals surface area contributed by atoms with E-state index in [1.165, 1.54) is 0 Å². The van der Waals surface area contributed by atoms with Crippen LogP contribution in [0.25, 0.3) is 0 Å². The van der Waals surface area contributed by atoms with Crippen LogP contribution in [0.3, 0.4) is 0 Å². The molecule has 114 valence electrons. The van der Waals surface area contributed by atoms with Crippen molar-refractivity contribution in [2.75, 3.05) is 20.7 Å². The molecule has 21 heavy (non-hydrogen) atoms. The van der Waals surface area contributed by atoms with E-state index in [0.717, 1.165) is 6.42 Å². The van der Waals surface area contributed by atoms with Gasteiger partial charge < -0.3 is 15.4 Å². The molecule has 4 heteroatoms. The van der Waals surface area contributed by atoms with Crippen molar-refractivity contribution in [2.45, 2.75) is 32.7 Å². The fraction of sp³-hybridized carbons (Fsp3) is 0.471. The number of hydrogen-bond acceptors (Lipinski definition) is 3. The summed E-state index contributed by atoms with van der Waals surface area (Å²) in [5.41, 5.74) is 6.48. The predicted molar refractivity (Wildman–Crippen MR) is 85.4 cm³/mol. The lowest BCUT2D eigenvalue weighted by atomic mass is 9.98. The normalized spacial score (nSPS) is 10.6. The molecule has 2 N–H and O–H groups in total. The zero-order valence-corrected chi connectivity index (χ0v) is 13.5. The van der Waals surface area contributed by atoms with Gasteiger partial charge in [0.15, 0.2) is 0 Å². The molecule has 0 saturated carbocycles. The van der Waals surface area contributed by atoms with Gasteiger partial charge in [-0.15, -0.1) is 0 Å². The third kappa shape index (κ3) is 3.99. The summed E-state index contributed by atoms with van der Waals surface area (Å²) in [6.45, 7) is 6.42. The largest absolute Gasteiger partial charge is 0.495 e. The predicted octanol–water partition coefficient (Wildman–Crippen LogP) is 2.27. The zero-order chi connectivity index (χ0) is 16.0. The Labute approximate surface area is 127 Å². The number of ether oxygens (including phenoxy) is 1. The van der Waals surface area contributed by atoms with Crippen LogP contribution < -0.4 is 10.5 Å². The second-order valence-electron chi connectivity index (χ2n) is 5.45. The van der Waals surface area contributed by atoms with Crippen LogP contribution in [0.2, 0.25) is 0 Å². The molecule has 0 radical (unpaired) electrons. The molecule has 1 rings (SSSR count). The molecule has 0 aliphatic carbocycles. The Morgan fingerprint density at radius 3 is 2.62 bits per heavy atom. The molecule has 0 atom stereocenters. The van der Waals surface area contributed by atoms with Gasteiger partial charge in [-0.3, -0.25) is 4.79 Å². The number of rotatable bonds is 4. The van der Waals surface area contributed by atoms with Crippen molar-refractivity contribution in [3.05, 3.63) is 29.3 Å². The monoisotopic (exact) mass is 288 g/mol. The quantitative estimate of drug-likeness (QED) is 0.865. The lowest BCUT2D eigenvalue weighted by Gasteiger charge is -2.35. The van der Waals surface area contributed by atoms with Crippen LogP contribution >= 0.6 is 0 Å². The lowest BCUT2D eigenvalue weighted by Crippen LogP contribution is -2.44. The van der Waals surface area contributed by atoms with Gasteiger partial charge in [0.05, 0.1) is 19.2 Å². The highest BCUT2D eigenvalue weighted by molar-refractivity contribution is 5.95. The van der Waals surface area contributed by atoms with Gasteiger partial charge in [-0.2, -0.15) is 0 Å². The van der Waals surface area contributed by atoms with Gasteiger partial charge in [0.25, 0.3) is 5.91 Å². The first-order chi connectivity index (χ1) is 9.87. The standard InChI is InChI=1S/C17H24N2O2/c1-6-17(2,3)19(4)16(20)14-9-10-15(21-5)13(12-14)8-7-11-18/h9-10,12H,6,11,18H2,1-5H3. The van der Waals surface area contributed by atoms with Crippen LogP contribution in [0.5, 0.6) is 5.75 Å². The summed E-state index contributed by atoms with van der Waals surface area (Å²) in [6, 6.07) is 5.28. The maximum atomic E-state index is 12.6. The number of nitrogens with zero attached hydrogens (tertiary/aromatic N) is 1. The van der Waals surface area contributed by atoms with Gasteiger partial charge in [0.1, 0.15) is 5.75 Å². The Bertz CT molecular complexity index is 568. The van der Waals surface area contributed by atoms with Crippen molar-refractivity contribution in [2.24, 2.45) is 5.73 Å². The minimum Gasteiger partial charge on any atom is -0.495 e. The molecule has 0 aliphatic rings. The van der Waals surface area contributed by atoms with E-state index >= 15 is 0 Å². The molecule has 1 aromatic rings. The second-order valence-corrected chi connectivity index (χ2v) is 5.45. The number of carbonyl (C=O) groups is 1. The van der Waals surface area contributed by atoms with E-state index in [9.17, 15) is 4.79 Å². The average Bonchev–Trinajstić information content (AvgIpc) is 2.50. The molecule has 0 aromatic heterocycles. The van der Waals surface area contributed by atoms with Gasteiger partial charge in [-0.05, 0) is 38.5 Å². The van der Waals surface area contributed by atoms with Gasteiger partial charge in [-0.1, -0.05) is 18.8 Å². The topological polar surface area (TPSA) is 55.6 Å². The SMILES string of the molecule is CCC(C)(C)N(C)C(=O)c1ccc(OC)c(C#CCN)c1. The summed E-state index contributed by atoms with van der Waals surface area (Å²) < 4.78 is 5.26. The smallest absolute Gasteiger partial charge is 0.254 e. The average molecular weight is 288 g/mol. The van der Waals surface area contributed by atoms with Crippen molar-refractivity contribution in [3.63, 3.8) is 0 Å².